The van der Waals surface area contributed by atoms with Gasteiger partial charge in [-0.05, 0) is 60.7 Å². The zero-order chi connectivity index (χ0) is 21.5. The third-order valence-electron chi connectivity index (χ3n) is 5.05. The van der Waals surface area contributed by atoms with Gasteiger partial charge in [-0.1, -0.05) is 12.1 Å². The van der Waals surface area contributed by atoms with Crippen LogP contribution in [0.15, 0.2) is 82.4 Å². The van der Waals surface area contributed by atoms with E-state index in [1.54, 1.807) is 43.5 Å². The first-order chi connectivity index (χ1) is 15.1. The van der Waals surface area contributed by atoms with Crippen LogP contribution in [0.25, 0.3) is 37.4 Å². The highest BCUT2D eigenvalue weighted by Crippen LogP contribution is 2.27. The SMILES string of the molecule is COc1ccc(-c2nc3sc4ccccc4c(=O)c3c(=O)n2-c2ccc(F)cc2)cc1. The van der Waals surface area contributed by atoms with E-state index in [9.17, 15) is 14.0 Å². The summed E-state index contributed by atoms with van der Waals surface area (Å²) < 4.78 is 20.9. The average molecular weight is 430 g/mol. The predicted octanol–water partition coefficient (Wildman–Crippen LogP) is 4.78. The summed E-state index contributed by atoms with van der Waals surface area (Å²) in [6, 6.07) is 19.8. The van der Waals surface area contributed by atoms with Gasteiger partial charge in [0, 0.05) is 15.6 Å². The van der Waals surface area contributed by atoms with E-state index in [1.807, 2.05) is 12.1 Å². The Hall–Kier alpha value is -3.84. The lowest BCUT2D eigenvalue weighted by Crippen LogP contribution is -2.26. The number of nitrogens with zero attached hydrogens (tertiary/aromatic N) is 2. The molecule has 0 amide bonds. The fraction of sp³-hybridized carbons (Fsp3) is 0.0417. The Kier molecular flexibility index (Phi) is 4.60. The molecule has 0 N–H and O–H groups in total. The van der Waals surface area contributed by atoms with E-state index in [1.165, 1.54) is 40.2 Å². The minimum absolute atomic E-state index is 0.0188. The highest BCUT2D eigenvalue weighted by atomic mass is 32.1. The molecule has 7 heteroatoms. The summed E-state index contributed by atoms with van der Waals surface area (Å²) in [6.07, 6.45) is 0. The van der Waals surface area contributed by atoms with Crippen LogP contribution in [-0.4, -0.2) is 16.7 Å². The van der Waals surface area contributed by atoms with Crippen LogP contribution in [0.2, 0.25) is 0 Å². The summed E-state index contributed by atoms with van der Waals surface area (Å²) in [7, 11) is 1.57. The number of ether oxygens (including phenoxy) is 1. The second kappa shape index (κ2) is 7.45. The summed E-state index contributed by atoms with van der Waals surface area (Å²) in [5, 5.41) is 0.493. The average Bonchev–Trinajstić information content (AvgIpc) is 2.80. The molecule has 152 valence electrons. The number of halogens is 1. The molecule has 0 radical (unpaired) electrons. The fourth-order valence-electron chi connectivity index (χ4n) is 3.52. The van der Waals surface area contributed by atoms with Crippen molar-refractivity contribution in [3.05, 3.63) is 99.2 Å². The summed E-state index contributed by atoms with van der Waals surface area (Å²) in [6.45, 7) is 0. The quantitative estimate of drug-likeness (QED) is 0.387. The van der Waals surface area contributed by atoms with Gasteiger partial charge in [0.2, 0.25) is 5.43 Å². The second-order valence-corrected chi connectivity index (χ2v) is 7.92. The van der Waals surface area contributed by atoms with E-state index < -0.39 is 11.4 Å². The summed E-state index contributed by atoms with van der Waals surface area (Å²) in [5.41, 5.74) is 0.231. The van der Waals surface area contributed by atoms with E-state index in [0.29, 0.717) is 33.0 Å². The maximum absolute atomic E-state index is 13.6. The predicted molar refractivity (Wildman–Crippen MR) is 121 cm³/mol. The Morgan fingerprint density at radius 3 is 2.35 bits per heavy atom. The molecule has 0 aliphatic heterocycles. The van der Waals surface area contributed by atoms with E-state index in [0.717, 1.165) is 4.70 Å². The molecule has 0 aliphatic carbocycles. The van der Waals surface area contributed by atoms with Gasteiger partial charge in [-0.25, -0.2) is 9.37 Å². The third kappa shape index (κ3) is 3.19. The molecule has 0 spiro atoms. The molecule has 0 unspecified atom stereocenters. The second-order valence-electron chi connectivity index (χ2n) is 6.89. The first-order valence-electron chi connectivity index (χ1n) is 9.46. The van der Waals surface area contributed by atoms with Gasteiger partial charge >= 0.3 is 0 Å². The molecule has 0 saturated carbocycles. The van der Waals surface area contributed by atoms with Crippen molar-refractivity contribution in [1.82, 2.24) is 9.55 Å². The van der Waals surface area contributed by atoms with Gasteiger partial charge in [-0.3, -0.25) is 14.2 Å². The Balaban J connectivity index is 1.92. The molecule has 2 heterocycles. The van der Waals surface area contributed by atoms with Gasteiger partial charge in [-0.15, -0.1) is 11.3 Å². The Morgan fingerprint density at radius 1 is 0.935 bits per heavy atom. The van der Waals surface area contributed by atoms with Crippen molar-refractivity contribution in [2.45, 2.75) is 0 Å². The molecule has 0 aliphatic rings. The van der Waals surface area contributed by atoms with Crippen LogP contribution in [0.3, 0.4) is 0 Å². The van der Waals surface area contributed by atoms with Crippen LogP contribution in [-0.2, 0) is 0 Å². The standard InChI is InChI=1S/C24H15FN2O3S/c1-30-17-12-6-14(7-13-17)22-26-23-20(21(28)18-4-2-3-5-19(18)31-23)24(29)27(22)16-10-8-15(25)9-11-16/h2-13H,1H3. The molecule has 0 fully saturated rings. The number of rotatable bonds is 3. The van der Waals surface area contributed by atoms with Gasteiger partial charge in [-0.2, -0.15) is 0 Å². The Morgan fingerprint density at radius 2 is 1.65 bits per heavy atom. The molecule has 31 heavy (non-hydrogen) atoms. The highest BCUT2D eigenvalue weighted by molar-refractivity contribution is 7.24. The van der Waals surface area contributed by atoms with Crippen molar-refractivity contribution in [2.24, 2.45) is 0 Å². The summed E-state index contributed by atoms with van der Waals surface area (Å²) >= 11 is 1.29. The zero-order valence-electron chi connectivity index (χ0n) is 16.3. The van der Waals surface area contributed by atoms with Crippen molar-refractivity contribution in [3.63, 3.8) is 0 Å². The number of hydrogen-bond acceptors (Lipinski definition) is 5. The summed E-state index contributed by atoms with van der Waals surface area (Å²) in [5.74, 6) is 0.600. The summed E-state index contributed by atoms with van der Waals surface area (Å²) in [4.78, 5) is 31.8. The molecule has 5 aromatic rings. The van der Waals surface area contributed by atoms with Crippen molar-refractivity contribution < 1.29 is 9.13 Å². The molecule has 5 rings (SSSR count). The monoisotopic (exact) mass is 430 g/mol. The molecule has 3 aromatic carbocycles. The molecule has 5 nitrogen and oxygen atoms in total. The van der Waals surface area contributed by atoms with Crippen LogP contribution in [0.4, 0.5) is 4.39 Å². The van der Waals surface area contributed by atoms with Gasteiger partial charge in [0.25, 0.3) is 5.56 Å². The van der Waals surface area contributed by atoms with E-state index in [4.69, 9.17) is 9.72 Å². The first kappa shape index (κ1) is 19.1. The van der Waals surface area contributed by atoms with E-state index in [2.05, 4.69) is 0 Å². The molecule has 0 saturated heterocycles. The van der Waals surface area contributed by atoms with Crippen molar-refractivity contribution >= 4 is 31.6 Å². The highest BCUT2D eigenvalue weighted by Gasteiger charge is 2.19. The lowest BCUT2D eigenvalue weighted by molar-refractivity contribution is 0.415. The topological polar surface area (TPSA) is 61.2 Å². The first-order valence-corrected chi connectivity index (χ1v) is 10.3. The number of fused-ring (bicyclic) bond motifs is 2. The van der Waals surface area contributed by atoms with Gasteiger partial charge in [0.05, 0.1) is 12.8 Å². The Labute approximate surface area is 179 Å². The fourth-order valence-corrected chi connectivity index (χ4v) is 4.55. The molecule has 0 bridgehead atoms. The van der Waals surface area contributed by atoms with Crippen LogP contribution in [0, 0.1) is 5.82 Å². The van der Waals surface area contributed by atoms with E-state index >= 15 is 0 Å². The number of methoxy groups -OCH3 is 1. The van der Waals surface area contributed by atoms with Gasteiger partial charge in [0.1, 0.15) is 27.6 Å². The maximum Gasteiger partial charge on any atom is 0.271 e. The largest absolute Gasteiger partial charge is 0.497 e. The minimum atomic E-state index is -0.491. The number of aromatic nitrogens is 2. The minimum Gasteiger partial charge on any atom is -0.497 e. The molecular weight excluding hydrogens is 415 g/mol. The lowest BCUT2D eigenvalue weighted by Gasteiger charge is -2.14. The van der Waals surface area contributed by atoms with Gasteiger partial charge in [0.15, 0.2) is 0 Å². The number of benzene rings is 3. The molecular formula is C24H15FN2O3S. The molecule has 2 aromatic heterocycles. The van der Waals surface area contributed by atoms with Crippen LogP contribution < -0.4 is 15.7 Å². The zero-order valence-corrected chi connectivity index (χ0v) is 17.2. The number of hydrogen-bond donors (Lipinski definition) is 0. The van der Waals surface area contributed by atoms with Gasteiger partial charge < -0.3 is 4.74 Å². The molecule has 0 atom stereocenters. The van der Waals surface area contributed by atoms with Crippen LogP contribution in [0.5, 0.6) is 5.75 Å². The Bertz CT molecular complexity index is 1560. The third-order valence-corrected chi connectivity index (χ3v) is 6.11. The van der Waals surface area contributed by atoms with E-state index in [-0.39, 0.29) is 10.8 Å². The smallest absolute Gasteiger partial charge is 0.271 e. The van der Waals surface area contributed by atoms with Crippen LogP contribution in [0.1, 0.15) is 0 Å². The van der Waals surface area contributed by atoms with Crippen molar-refractivity contribution in [2.75, 3.05) is 7.11 Å². The normalized spacial score (nSPS) is 11.2. The maximum atomic E-state index is 13.6. The van der Waals surface area contributed by atoms with Crippen LogP contribution >= 0.6 is 11.3 Å². The lowest BCUT2D eigenvalue weighted by atomic mass is 10.1. The van der Waals surface area contributed by atoms with Crippen molar-refractivity contribution in [3.8, 4) is 22.8 Å². The van der Waals surface area contributed by atoms with Crippen molar-refractivity contribution in [1.29, 1.82) is 0 Å².